The highest BCUT2D eigenvalue weighted by Crippen LogP contribution is 2.17. The van der Waals surface area contributed by atoms with Crippen LogP contribution in [0.4, 0.5) is 5.69 Å². The van der Waals surface area contributed by atoms with Crippen LogP contribution in [0.25, 0.3) is 10.9 Å². The largest absolute Gasteiger partial charge is 0.326 e. The Hall–Kier alpha value is -2.71. The minimum absolute atomic E-state index is 0.109. The fourth-order valence-electron chi connectivity index (χ4n) is 2.55. The Morgan fingerprint density at radius 1 is 1.19 bits per heavy atom. The molecule has 0 unspecified atom stereocenters. The lowest BCUT2D eigenvalue weighted by molar-refractivity contribution is -0.115. The highest BCUT2D eigenvalue weighted by atomic mass is 32.2. The molecule has 26 heavy (non-hydrogen) atoms. The van der Waals surface area contributed by atoms with E-state index >= 15 is 0 Å². The number of amides is 1. The van der Waals surface area contributed by atoms with Crippen LogP contribution in [-0.4, -0.2) is 41.6 Å². The minimum Gasteiger partial charge on any atom is -0.326 e. The van der Waals surface area contributed by atoms with Gasteiger partial charge in [0.15, 0.2) is 0 Å². The second-order valence-corrected chi connectivity index (χ2v) is 8.22. The molecule has 2 N–H and O–H groups in total. The first-order valence-electron chi connectivity index (χ1n) is 8.15. The second kappa shape index (κ2) is 7.67. The van der Waals surface area contributed by atoms with E-state index in [-0.39, 0.29) is 24.6 Å². The molecule has 0 aliphatic carbocycles. The number of fused-ring (bicyclic) bond motifs is 1. The number of benzene rings is 2. The van der Waals surface area contributed by atoms with Gasteiger partial charge in [-0.3, -0.25) is 9.89 Å². The van der Waals surface area contributed by atoms with Crippen molar-refractivity contribution in [3.05, 3.63) is 60.3 Å². The molecule has 136 valence electrons. The summed E-state index contributed by atoms with van der Waals surface area (Å²) < 4.78 is 26.0. The van der Waals surface area contributed by atoms with Crippen molar-refractivity contribution >= 4 is 32.5 Å². The molecule has 0 bridgehead atoms. The third-order valence-corrected chi connectivity index (χ3v) is 5.83. The third-order valence-electron chi connectivity index (χ3n) is 4.04. The first kappa shape index (κ1) is 18.1. The van der Waals surface area contributed by atoms with Crippen molar-refractivity contribution in [1.29, 1.82) is 0 Å². The Morgan fingerprint density at radius 3 is 2.73 bits per heavy atom. The molecule has 0 atom stereocenters. The summed E-state index contributed by atoms with van der Waals surface area (Å²) in [7, 11) is -1.99. The van der Waals surface area contributed by atoms with Gasteiger partial charge in [-0.05, 0) is 23.8 Å². The lowest BCUT2D eigenvalue weighted by Gasteiger charge is -2.17. The molecule has 3 rings (SSSR count). The van der Waals surface area contributed by atoms with E-state index in [1.807, 2.05) is 36.4 Å². The maximum absolute atomic E-state index is 12.4. The zero-order valence-corrected chi connectivity index (χ0v) is 15.2. The van der Waals surface area contributed by atoms with Crippen LogP contribution in [0, 0.1) is 0 Å². The van der Waals surface area contributed by atoms with Crippen molar-refractivity contribution in [2.45, 2.75) is 13.0 Å². The number of anilines is 1. The van der Waals surface area contributed by atoms with E-state index in [2.05, 4.69) is 15.5 Å². The van der Waals surface area contributed by atoms with E-state index < -0.39 is 10.0 Å². The molecular formula is C18H20N4O3S. The summed E-state index contributed by atoms with van der Waals surface area (Å²) in [6.07, 6.45) is 1.58. The Bertz CT molecular complexity index is 999. The van der Waals surface area contributed by atoms with Gasteiger partial charge in [-0.1, -0.05) is 30.3 Å². The van der Waals surface area contributed by atoms with Crippen LogP contribution in [0.3, 0.4) is 0 Å². The predicted octanol–water partition coefficient (Wildman–Crippen LogP) is 2.35. The normalized spacial score (nSPS) is 11.8. The molecule has 0 radical (unpaired) electrons. The van der Waals surface area contributed by atoms with Crippen molar-refractivity contribution in [2.24, 2.45) is 0 Å². The van der Waals surface area contributed by atoms with Gasteiger partial charge in [0.05, 0.1) is 17.5 Å². The Labute approximate surface area is 152 Å². The third kappa shape index (κ3) is 4.47. The number of aromatic nitrogens is 2. The van der Waals surface area contributed by atoms with Crippen LogP contribution in [0.1, 0.15) is 12.0 Å². The molecule has 0 spiro atoms. The summed E-state index contributed by atoms with van der Waals surface area (Å²) in [4.78, 5) is 12.1. The maximum Gasteiger partial charge on any atom is 0.225 e. The molecule has 1 amide bonds. The van der Waals surface area contributed by atoms with Crippen LogP contribution in [0.2, 0.25) is 0 Å². The van der Waals surface area contributed by atoms with Crippen LogP contribution in [-0.2, 0) is 21.4 Å². The number of sulfonamides is 1. The molecule has 0 aliphatic rings. The lowest BCUT2D eigenvalue weighted by Crippen LogP contribution is -2.30. The Morgan fingerprint density at radius 2 is 1.96 bits per heavy atom. The maximum atomic E-state index is 12.4. The Kier molecular flexibility index (Phi) is 5.34. The monoisotopic (exact) mass is 372 g/mol. The van der Waals surface area contributed by atoms with Crippen LogP contribution < -0.4 is 5.32 Å². The van der Waals surface area contributed by atoms with E-state index in [1.165, 1.54) is 11.4 Å². The molecule has 2 aromatic carbocycles. The highest BCUT2D eigenvalue weighted by Gasteiger charge is 2.19. The van der Waals surface area contributed by atoms with Gasteiger partial charge in [-0.2, -0.15) is 5.10 Å². The van der Waals surface area contributed by atoms with E-state index in [0.29, 0.717) is 5.69 Å². The number of aromatic amines is 1. The zero-order valence-electron chi connectivity index (χ0n) is 14.3. The number of carbonyl (C=O) groups excluding carboxylic acids is 1. The molecule has 1 aromatic heterocycles. The van der Waals surface area contributed by atoms with Crippen molar-refractivity contribution in [2.75, 3.05) is 18.1 Å². The highest BCUT2D eigenvalue weighted by molar-refractivity contribution is 7.89. The molecule has 0 saturated heterocycles. The topological polar surface area (TPSA) is 95.2 Å². The van der Waals surface area contributed by atoms with Crippen molar-refractivity contribution < 1.29 is 13.2 Å². The lowest BCUT2D eigenvalue weighted by atomic mass is 10.2. The minimum atomic E-state index is -3.52. The first-order chi connectivity index (χ1) is 12.4. The average Bonchev–Trinajstić information content (AvgIpc) is 3.09. The van der Waals surface area contributed by atoms with Crippen LogP contribution >= 0.6 is 0 Å². The van der Waals surface area contributed by atoms with Crippen LogP contribution in [0.5, 0.6) is 0 Å². The number of nitrogens with one attached hydrogen (secondary N) is 2. The summed E-state index contributed by atoms with van der Waals surface area (Å²) in [5.41, 5.74) is 2.30. The van der Waals surface area contributed by atoms with Gasteiger partial charge < -0.3 is 5.32 Å². The van der Waals surface area contributed by atoms with Gasteiger partial charge in [0.25, 0.3) is 0 Å². The standard InChI is InChI=1S/C18H20N4O3S/c1-22(13-14-5-3-2-4-6-14)26(24,25)10-9-18(23)20-16-8-7-15-12-19-21-17(15)11-16/h2-8,11-12H,9-10,13H2,1H3,(H,19,21)(H,20,23). The van der Waals surface area contributed by atoms with Crippen molar-refractivity contribution in [3.8, 4) is 0 Å². The van der Waals surface area contributed by atoms with Crippen molar-refractivity contribution in [3.63, 3.8) is 0 Å². The summed E-state index contributed by atoms with van der Waals surface area (Å²) in [5, 5.41) is 10.4. The van der Waals surface area contributed by atoms with Gasteiger partial charge in [-0.25, -0.2) is 12.7 Å². The van der Waals surface area contributed by atoms with E-state index in [0.717, 1.165) is 16.5 Å². The number of nitrogens with zero attached hydrogens (tertiary/aromatic N) is 2. The second-order valence-electron chi connectivity index (χ2n) is 6.03. The van der Waals surface area contributed by atoms with E-state index in [9.17, 15) is 13.2 Å². The summed E-state index contributed by atoms with van der Waals surface area (Å²) in [6.45, 7) is 0.279. The molecule has 0 aliphatic heterocycles. The predicted molar refractivity (Wildman–Crippen MR) is 101 cm³/mol. The van der Waals surface area contributed by atoms with Crippen molar-refractivity contribution in [1.82, 2.24) is 14.5 Å². The summed E-state index contributed by atoms with van der Waals surface area (Å²) in [5.74, 6) is -0.588. The number of rotatable bonds is 7. The number of hydrogen-bond donors (Lipinski definition) is 2. The number of H-pyrrole nitrogens is 1. The molecule has 1 heterocycles. The van der Waals surface area contributed by atoms with Gasteiger partial charge >= 0.3 is 0 Å². The van der Waals surface area contributed by atoms with Gasteiger partial charge in [-0.15, -0.1) is 0 Å². The quantitative estimate of drug-likeness (QED) is 0.665. The molecule has 7 nitrogen and oxygen atoms in total. The average molecular weight is 372 g/mol. The summed E-state index contributed by atoms with van der Waals surface area (Å²) >= 11 is 0. The molecule has 3 aromatic rings. The van der Waals surface area contributed by atoms with Gasteiger partial charge in [0.2, 0.25) is 15.9 Å². The van der Waals surface area contributed by atoms with Crippen LogP contribution in [0.15, 0.2) is 54.7 Å². The summed E-state index contributed by atoms with van der Waals surface area (Å²) in [6, 6.07) is 14.7. The molecular weight excluding hydrogens is 352 g/mol. The fourth-order valence-corrected chi connectivity index (χ4v) is 3.66. The van der Waals surface area contributed by atoms with Gasteiger partial charge in [0, 0.05) is 31.1 Å². The van der Waals surface area contributed by atoms with E-state index in [1.54, 1.807) is 18.3 Å². The zero-order chi connectivity index (χ0) is 18.6. The Balaban J connectivity index is 1.55. The smallest absolute Gasteiger partial charge is 0.225 e. The van der Waals surface area contributed by atoms with Gasteiger partial charge in [0.1, 0.15) is 0 Å². The van der Waals surface area contributed by atoms with E-state index in [4.69, 9.17) is 0 Å². The molecule has 8 heteroatoms. The SMILES string of the molecule is CN(Cc1ccccc1)S(=O)(=O)CCC(=O)Nc1ccc2cn[nH]c2c1. The first-order valence-corrected chi connectivity index (χ1v) is 9.76. The molecule has 0 fully saturated rings. The number of hydrogen-bond acceptors (Lipinski definition) is 4. The molecule has 0 saturated carbocycles. The fraction of sp³-hybridized carbons (Fsp3) is 0.222. The number of carbonyl (C=O) groups is 1.